The summed E-state index contributed by atoms with van der Waals surface area (Å²) in [5.41, 5.74) is 3.92. The molecule has 0 bridgehead atoms. The summed E-state index contributed by atoms with van der Waals surface area (Å²) < 4.78 is 8.86. The monoisotopic (exact) mass is 305 g/mol. The molecule has 5 heteroatoms. The molecule has 0 aliphatic carbocycles. The quantitative estimate of drug-likeness (QED) is 0.534. The average Bonchev–Trinajstić information content (AvgIpc) is 3.12. The van der Waals surface area contributed by atoms with Crippen LogP contribution in [0, 0.1) is 0 Å². The zero-order valence-electron chi connectivity index (χ0n) is 12.9. The lowest BCUT2D eigenvalue weighted by Crippen LogP contribution is -2.06. The minimum atomic E-state index is -0.396. The Hall–Kier alpha value is -3.08. The first-order valence-corrected chi connectivity index (χ1v) is 7.32. The molecule has 2 aromatic heterocycles. The van der Waals surface area contributed by atoms with E-state index in [2.05, 4.69) is 0 Å². The van der Waals surface area contributed by atoms with Gasteiger partial charge in [-0.3, -0.25) is 4.40 Å². The Morgan fingerprint density at radius 3 is 2.35 bits per heavy atom. The van der Waals surface area contributed by atoms with Crippen molar-refractivity contribution in [2.45, 2.75) is 0 Å². The Balaban J connectivity index is 2.16. The van der Waals surface area contributed by atoms with E-state index in [4.69, 9.17) is 9.72 Å². The number of esters is 1. The van der Waals surface area contributed by atoms with Gasteiger partial charge < -0.3 is 9.30 Å². The van der Waals surface area contributed by atoms with E-state index < -0.39 is 5.97 Å². The van der Waals surface area contributed by atoms with E-state index >= 15 is 0 Å². The molecule has 0 unspecified atom stereocenters. The number of nitrogens with zero attached hydrogens (tertiary/aromatic N) is 3. The van der Waals surface area contributed by atoms with Gasteiger partial charge in [-0.05, 0) is 12.1 Å². The Labute approximate surface area is 132 Å². The van der Waals surface area contributed by atoms with Crippen molar-refractivity contribution in [2.24, 2.45) is 7.05 Å². The lowest BCUT2D eigenvalue weighted by atomic mass is 10.1. The molecule has 0 aliphatic rings. The topological polar surface area (TPSA) is 48.5 Å². The molecule has 0 radical (unpaired) electrons. The lowest BCUT2D eigenvalue weighted by molar-refractivity contribution is 0.0594. The molecule has 4 aromatic rings. The fraction of sp³-hybridized carbons (Fsp3) is 0.111. The van der Waals surface area contributed by atoms with Crippen molar-refractivity contribution in [3.05, 3.63) is 60.3 Å². The molecule has 5 nitrogen and oxygen atoms in total. The van der Waals surface area contributed by atoms with Crippen LogP contribution >= 0.6 is 0 Å². The standard InChI is InChI=1S/C18H15N3O2/c1-20-13-10-6-7-11-14(13)21-16(17(22)23-2)15(19-18(20)21)12-8-4-3-5-9-12/h3-11H,1-2H3. The van der Waals surface area contributed by atoms with E-state index in [1.165, 1.54) is 7.11 Å². The fourth-order valence-corrected chi connectivity index (χ4v) is 2.99. The van der Waals surface area contributed by atoms with Crippen molar-refractivity contribution >= 4 is 22.8 Å². The van der Waals surface area contributed by atoms with Gasteiger partial charge in [-0.25, -0.2) is 9.78 Å². The van der Waals surface area contributed by atoms with E-state index in [1.807, 2.05) is 70.6 Å². The number of aromatic nitrogens is 3. The van der Waals surface area contributed by atoms with Gasteiger partial charge in [-0.2, -0.15) is 0 Å². The maximum absolute atomic E-state index is 12.4. The minimum Gasteiger partial charge on any atom is -0.464 e. The maximum atomic E-state index is 12.4. The molecule has 0 saturated carbocycles. The van der Waals surface area contributed by atoms with Gasteiger partial charge in [0.2, 0.25) is 5.78 Å². The van der Waals surface area contributed by atoms with Crippen LogP contribution in [0.2, 0.25) is 0 Å². The molecule has 114 valence electrons. The summed E-state index contributed by atoms with van der Waals surface area (Å²) in [6.07, 6.45) is 0. The first kappa shape index (κ1) is 13.6. The molecule has 2 heterocycles. The van der Waals surface area contributed by atoms with Gasteiger partial charge in [0.05, 0.1) is 18.1 Å². The number of imidazole rings is 2. The number of para-hydroxylation sites is 2. The van der Waals surface area contributed by atoms with Crippen LogP contribution in [0.25, 0.3) is 28.1 Å². The average molecular weight is 305 g/mol. The first-order valence-electron chi connectivity index (χ1n) is 7.32. The number of carbonyl (C=O) groups excluding carboxylic acids is 1. The highest BCUT2D eigenvalue weighted by atomic mass is 16.5. The summed E-state index contributed by atoms with van der Waals surface area (Å²) in [6.45, 7) is 0. The number of methoxy groups -OCH3 is 1. The molecule has 0 aliphatic heterocycles. The van der Waals surface area contributed by atoms with Gasteiger partial charge >= 0.3 is 5.97 Å². The van der Waals surface area contributed by atoms with Gasteiger partial charge in [0.25, 0.3) is 0 Å². The highest BCUT2D eigenvalue weighted by Crippen LogP contribution is 2.29. The highest BCUT2D eigenvalue weighted by Gasteiger charge is 2.25. The first-order chi connectivity index (χ1) is 11.2. The zero-order valence-corrected chi connectivity index (χ0v) is 12.9. The van der Waals surface area contributed by atoms with Crippen molar-refractivity contribution in [1.29, 1.82) is 0 Å². The number of rotatable bonds is 2. The molecular formula is C18H15N3O2. The van der Waals surface area contributed by atoms with Crippen LogP contribution in [0.4, 0.5) is 0 Å². The fourth-order valence-electron chi connectivity index (χ4n) is 2.99. The Morgan fingerprint density at radius 2 is 1.65 bits per heavy atom. The van der Waals surface area contributed by atoms with Crippen LogP contribution in [0.1, 0.15) is 10.5 Å². The lowest BCUT2D eigenvalue weighted by Gasteiger charge is -2.03. The van der Waals surface area contributed by atoms with Crippen molar-refractivity contribution in [1.82, 2.24) is 14.0 Å². The summed E-state index contributed by atoms with van der Waals surface area (Å²) >= 11 is 0. The van der Waals surface area contributed by atoms with Crippen LogP contribution in [0.3, 0.4) is 0 Å². The number of ether oxygens (including phenoxy) is 1. The van der Waals surface area contributed by atoms with Crippen LogP contribution < -0.4 is 0 Å². The van der Waals surface area contributed by atoms with E-state index in [0.29, 0.717) is 17.2 Å². The molecule has 0 amide bonds. The predicted molar refractivity (Wildman–Crippen MR) is 88.4 cm³/mol. The second kappa shape index (κ2) is 4.98. The van der Waals surface area contributed by atoms with Crippen LogP contribution in [0.5, 0.6) is 0 Å². The Bertz CT molecular complexity index is 1030. The van der Waals surface area contributed by atoms with Crippen molar-refractivity contribution in [2.75, 3.05) is 7.11 Å². The molecular weight excluding hydrogens is 290 g/mol. The van der Waals surface area contributed by atoms with E-state index in [0.717, 1.165) is 16.6 Å². The molecule has 0 atom stereocenters. The van der Waals surface area contributed by atoms with Gasteiger partial charge in [-0.1, -0.05) is 42.5 Å². The Morgan fingerprint density at radius 1 is 1.00 bits per heavy atom. The van der Waals surface area contributed by atoms with Crippen molar-refractivity contribution < 1.29 is 9.53 Å². The molecule has 23 heavy (non-hydrogen) atoms. The van der Waals surface area contributed by atoms with Gasteiger partial charge in [0.1, 0.15) is 5.69 Å². The zero-order chi connectivity index (χ0) is 16.0. The van der Waals surface area contributed by atoms with Crippen molar-refractivity contribution in [3.8, 4) is 11.3 Å². The number of aryl methyl sites for hydroxylation is 1. The molecule has 2 aromatic carbocycles. The van der Waals surface area contributed by atoms with Crippen LogP contribution in [-0.4, -0.2) is 27.0 Å². The van der Waals surface area contributed by atoms with E-state index in [-0.39, 0.29) is 0 Å². The highest BCUT2D eigenvalue weighted by molar-refractivity contribution is 5.98. The van der Waals surface area contributed by atoms with Crippen LogP contribution in [0.15, 0.2) is 54.6 Å². The SMILES string of the molecule is COC(=O)c1c(-c2ccccc2)nc2n(C)c3ccccc3n12. The third kappa shape index (κ3) is 1.86. The molecule has 0 saturated heterocycles. The van der Waals surface area contributed by atoms with E-state index in [1.54, 1.807) is 0 Å². The number of hydrogen-bond acceptors (Lipinski definition) is 3. The van der Waals surface area contributed by atoms with Crippen LogP contribution in [-0.2, 0) is 11.8 Å². The summed E-state index contributed by atoms with van der Waals surface area (Å²) in [4.78, 5) is 17.2. The van der Waals surface area contributed by atoms with E-state index in [9.17, 15) is 4.79 Å². The Kier molecular flexibility index (Phi) is 2.94. The van der Waals surface area contributed by atoms with Gasteiger partial charge in [0, 0.05) is 12.6 Å². The number of hydrogen-bond donors (Lipinski definition) is 0. The molecule has 0 N–H and O–H groups in total. The predicted octanol–water partition coefficient (Wildman–Crippen LogP) is 3.28. The number of carbonyl (C=O) groups is 1. The summed E-state index contributed by atoms with van der Waals surface area (Å²) in [7, 11) is 3.34. The second-order valence-electron chi connectivity index (χ2n) is 5.35. The number of benzene rings is 2. The van der Waals surface area contributed by atoms with Gasteiger partial charge in [0.15, 0.2) is 5.69 Å². The van der Waals surface area contributed by atoms with Crippen molar-refractivity contribution in [3.63, 3.8) is 0 Å². The smallest absolute Gasteiger partial charge is 0.357 e. The summed E-state index contributed by atoms with van der Waals surface area (Å²) in [5.74, 6) is 0.318. The third-order valence-corrected chi connectivity index (χ3v) is 4.07. The summed E-state index contributed by atoms with van der Waals surface area (Å²) in [5, 5.41) is 0. The maximum Gasteiger partial charge on any atom is 0.357 e. The molecule has 4 rings (SSSR count). The minimum absolute atomic E-state index is 0.396. The third-order valence-electron chi connectivity index (χ3n) is 4.07. The number of fused-ring (bicyclic) bond motifs is 3. The normalized spacial score (nSPS) is 11.2. The largest absolute Gasteiger partial charge is 0.464 e. The molecule has 0 fully saturated rings. The second-order valence-corrected chi connectivity index (χ2v) is 5.35. The molecule has 0 spiro atoms. The summed E-state index contributed by atoms with van der Waals surface area (Å²) in [6, 6.07) is 17.6. The van der Waals surface area contributed by atoms with Gasteiger partial charge in [-0.15, -0.1) is 0 Å².